The first-order valence-electron chi connectivity index (χ1n) is 10.7. The van der Waals surface area contributed by atoms with Crippen molar-refractivity contribution in [2.45, 2.75) is 65.5 Å². The van der Waals surface area contributed by atoms with Crippen molar-refractivity contribution < 1.29 is 7.58 Å². The number of rotatable bonds is 0. The Morgan fingerprint density at radius 3 is 1.63 bits per heavy atom. The lowest BCUT2D eigenvalue weighted by Gasteiger charge is -2.25. The molecule has 30 heavy (non-hydrogen) atoms. The first-order valence-corrected chi connectivity index (χ1v) is 13.4. The molecule has 0 bridgehead atoms. The second-order valence-electron chi connectivity index (χ2n) is 8.49. The van der Waals surface area contributed by atoms with Crippen LogP contribution in [0.2, 0.25) is 0 Å². The molecule has 0 saturated heterocycles. The van der Waals surface area contributed by atoms with Crippen molar-refractivity contribution in [3.8, 4) is 11.5 Å². The minimum Gasteiger partial charge on any atom is -0.599 e. The largest absolute Gasteiger partial charge is 0.999 e. The number of nitrogens with zero attached hydrogens (tertiary/aromatic N) is 2. The average molecular weight is 439 g/mol. The van der Waals surface area contributed by atoms with Gasteiger partial charge in [0.2, 0.25) is 0 Å². The molecule has 2 atom stereocenters. The lowest BCUT2D eigenvalue weighted by Crippen LogP contribution is -2.27. The van der Waals surface area contributed by atoms with Crippen LogP contribution in [0.5, 0.6) is 11.5 Å². The highest BCUT2D eigenvalue weighted by atomic mass is 35.6. The van der Waals surface area contributed by atoms with E-state index in [2.05, 4.69) is 38.1 Å². The fourth-order valence-electron chi connectivity index (χ4n) is 4.49. The lowest BCUT2D eigenvalue weighted by molar-refractivity contribution is 0.390. The van der Waals surface area contributed by atoms with E-state index in [9.17, 15) is 0 Å². The molecule has 2 aromatic rings. The summed E-state index contributed by atoms with van der Waals surface area (Å²) in [4.78, 5) is 9.92. The summed E-state index contributed by atoms with van der Waals surface area (Å²) in [5.41, 5.74) is 6.37. The van der Waals surface area contributed by atoms with Crippen molar-refractivity contribution in [3.05, 3.63) is 57.6 Å². The van der Waals surface area contributed by atoms with E-state index in [1.165, 1.54) is 24.0 Å². The topological polar surface area (TPSA) is 43.2 Å². The van der Waals surface area contributed by atoms with E-state index in [0.29, 0.717) is 0 Å². The summed E-state index contributed by atoms with van der Waals surface area (Å²) < 4.78 is 12.4. The van der Waals surface area contributed by atoms with Gasteiger partial charge in [0.15, 0.2) is 0 Å². The Morgan fingerprint density at radius 1 is 0.767 bits per heavy atom. The maximum atomic E-state index is 6.66. The quantitative estimate of drug-likeness (QED) is 0.490. The highest BCUT2D eigenvalue weighted by molar-refractivity contribution is 7.00. The van der Waals surface area contributed by atoms with Crippen molar-refractivity contribution in [3.63, 3.8) is 0 Å². The Kier molecular flexibility index (Phi) is 6.53. The van der Waals surface area contributed by atoms with Gasteiger partial charge in [-0.05, 0) is 74.9 Å². The van der Waals surface area contributed by atoms with Crippen molar-refractivity contribution >= 4 is 36.4 Å². The van der Waals surface area contributed by atoms with Gasteiger partial charge in [0.1, 0.15) is 0 Å². The average Bonchev–Trinajstić information content (AvgIpc) is 2.70. The highest BCUT2D eigenvalue weighted by Gasteiger charge is 2.34. The van der Waals surface area contributed by atoms with Crippen LogP contribution < -0.4 is 7.58 Å². The SMILES string of the molecule is Cc1cc(C)c2c(c1)C=N[C@@H]1CCCC[C@H]1N=Cc1cc(C)cc(C)c1[O][Al]([Cl])[O]2. The Hall–Kier alpha value is -1.80. The summed E-state index contributed by atoms with van der Waals surface area (Å²) in [5.74, 6) is 1.55. The molecule has 2 aromatic carbocycles. The van der Waals surface area contributed by atoms with Crippen LogP contribution in [-0.4, -0.2) is 38.4 Å². The zero-order valence-electron chi connectivity index (χ0n) is 18.1. The van der Waals surface area contributed by atoms with Crippen LogP contribution in [-0.2, 0) is 0 Å². The Bertz CT molecular complexity index is 926. The van der Waals surface area contributed by atoms with Crippen molar-refractivity contribution in [2.75, 3.05) is 0 Å². The van der Waals surface area contributed by atoms with Crippen LogP contribution in [0.4, 0.5) is 0 Å². The molecule has 2 aliphatic rings. The smallest absolute Gasteiger partial charge is 0.599 e. The van der Waals surface area contributed by atoms with E-state index in [4.69, 9.17) is 27.6 Å². The third-order valence-corrected chi connectivity index (χ3v) is 7.20. The number of fused-ring (bicyclic) bond motifs is 3. The van der Waals surface area contributed by atoms with Gasteiger partial charge < -0.3 is 7.58 Å². The first kappa shape index (κ1) is 21.4. The summed E-state index contributed by atoms with van der Waals surface area (Å²) in [7, 11) is 6.66. The van der Waals surface area contributed by atoms with Crippen LogP contribution in [0.3, 0.4) is 0 Å². The second kappa shape index (κ2) is 9.14. The van der Waals surface area contributed by atoms with E-state index in [1.807, 2.05) is 26.3 Å². The number of hydrogen-bond donors (Lipinski definition) is 0. The van der Waals surface area contributed by atoms with Gasteiger partial charge in [-0.2, -0.15) is 10.0 Å². The number of aryl methyl sites for hydroxylation is 4. The maximum Gasteiger partial charge on any atom is 0.999 e. The summed E-state index contributed by atoms with van der Waals surface area (Å²) in [6.45, 7) is 8.27. The Balaban J connectivity index is 1.83. The van der Waals surface area contributed by atoms with Gasteiger partial charge in [-0.25, -0.2) is 0 Å². The third kappa shape index (κ3) is 4.75. The molecule has 0 amide bonds. The van der Waals surface area contributed by atoms with E-state index < -0.39 is 13.9 Å². The summed E-state index contributed by atoms with van der Waals surface area (Å²) in [6, 6.07) is 8.79. The molecule has 0 unspecified atom stereocenters. The summed E-state index contributed by atoms with van der Waals surface area (Å²) >= 11 is -2.51. The van der Waals surface area contributed by atoms with Gasteiger partial charge in [0.05, 0.1) is 23.6 Å². The van der Waals surface area contributed by atoms with E-state index in [-0.39, 0.29) is 12.1 Å². The number of benzene rings is 2. The van der Waals surface area contributed by atoms with Crippen LogP contribution in [0.1, 0.15) is 59.1 Å². The third-order valence-electron chi connectivity index (χ3n) is 5.82. The zero-order chi connectivity index (χ0) is 21.3. The molecule has 1 fully saturated rings. The molecular weight excluding hydrogens is 411 g/mol. The fourth-order valence-corrected chi connectivity index (χ4v) is 6.09. The van der Waals surface area contributed by atoms with Gasteiger partial charge in [-0.3, -0.25) is 9.98 Å². The first-order chi connectivity index (χ1) is 14.4. The molecule has 0 radical (unpaired) electrons. The van der Waals surface area contributed by atoms with Gasteiger partial charge in [0, 0.05) is 23.6 Å². The van der Waals surface area contributed by atoms with Gasteiger partial charge >= 0.3 is 13.9 Å². The zero-order valence-corrected chi connectivity index (χ0v) is 20.0. The van der Waals surface area contributed by atoms with Crippen molar-refractivity contribution in [1.29, 1.82) is 0 Å². The molecule has 1 aliphatic heterocycles. The van der Waals surface area contributed by atoms with Crippen molar-refractivity contribution in [2.24, 2.45) is 9.98 Å². The minimum absolute atomic E-state index is 0.184. The predicted octanol–water partition coefficient (Wildman–Crippen LogP) is 5.76. The lowest BCUT2D eigenvalue weighted by atomic mass is 9.91. The molecule has 4 rings (SSSR count). The summed E-state index contributed by atoms with van der Waals surface area (Å²) in [6.07, 6.45) is 8.40. The number of hydrogen-bond acceptors (Lipinski definition) is 4. The highest BCUT2D eigenvalue weighted by Crippen LogP contribution is 2.31. The predicted molar refractivity (Wildman–Crippen MR) is 126 cm³/mol. The molecule has 6 heteroatoms. The fraction of sp³-hybridized carbons (Fsp3) is 0.417. The van der Waals surface area contributed by atoms with E-state index in [1.54, 1.807) is 0 Å². The molecular formula is C24H28AlClN2O2. The molecule has 1 aliphatic carbocycles. The number of halogens is 1. The van der Waals surface area contributed by atoms with Gasteiger partial charge in [0.25, 0.3) is 0 Å². The van der Waals surface area contributed by atoms with Crippen molar-refractivity contribution in [1.82, 2.24) is 0 Å². The molecule has 1 saturated carbocycles. The van der Waals surface area contributed by atoms with E-state index >= 15 is 0 Å². The Morgan fingerprint density at radius 2 is 1.20 bits per heavy atom. The maximum absolute atomic E-state index is 6.66. The normalized spacial score (nSPS) is 21.2. The standard InChI is InChI=1S/C24H30N2O2.Al.ClH/c1-15-9-17(3)23(27)19(11-15)13-25-21-7-5-6-8-22(21)26-14-20-12-16(2)10-18(4)24(20)28;;/h9-14,21-22,27-28H,5-8H2,1-4H3;;1H/q;+3;/p-3/t21-,22-;;/m1../s1. The molecule has 4 nitrogen and oxygen atoms in total. The van der Waals surface area contributed by atoms with Crippen LogP contribution in [0.25, 0.3) is 0 Å². The monoisotopic (exact) mass is 438 g/mol. The molecule has 0 aromatic heterocycles. The molecule has 1 heterocycles. The van der Waals surface area contributed by atoms with Gasteiger partial charge in [-0.1, -0.05) is 25.0 Å². The summed E-state index contributed by atoms with van der Waals surface area (Å²) in [5, 5.41) is 0. The van der Waals surface area contributed by atoms with E-state index in [0.717, 1.165) is 46.6 Å². The van der Waals surface area contributed by atoms with Gasteiger partial charge in [-0.15, -0.1) is 0 Å². The van der Waals surface area contributed by atoms with Crippen LogP contribution in [0, 0.1) is 27.7 Å². The number of aliphatic imine (C=N–C) groups is 2. The Labute approximate surface area is 188 Å². The van der Waals surface area contributed by atoms with Crippen LogP contribution in [0.15, 0.2) is 34.3 Å². The molecule has 0 N–H and O–H groups in total. The van der Waals surface area contributed by atoms with Crippen LogP contribution >= 0.6 is 10.0 Å². The minimum atomic E-state index is -2.51. The molecule has 0 spiro atoms. The second-order valence-corrected chi connectivity index (χ2v) is 10.6. The molecule has 156 valence electrons.